The Bertz CT molecular complexity index is 396. The van der Waals surface area contributed by atoms with Gasteiger partial charge in [0.1, 0.15) is 11.6 Å². The molecule has 16 heavy (non-hydrogen) atoms. The molecule has 6 heteroatoms. The Hall–Kier alpha value is -0.710. The minimum Gasteiger partial charge on any atom is -0.394 e. The molecule has 4 nitrogen and oxygen atoms in total. The number of aromatic nitrogens is 1. The molecule has 1 aromatic heterocycles. The van der Waals surface area contributed by atoms with E-state index < -0.39 is 5.54 Å². The Morgan fingerprint density at radius 3 is 2.50 bits per heavy atom. The molecule has 0 aliphatic carbocycles. The lowest BCUT2D eigenvalue weighted by molar-refractivity contribution is 0.215. The molecule has 0 amide bonds. The van der Waals surface area contributed by atoms with Crippen LogP contribution in [0.15, 0.2) is 6.07 Å². The first kappa shape index (κ1) is 13.4. The van der Waals surface area contributed by atoms with Gasteiger partial charge in [0.25, 0.3) is 0 Å². The lowest BCUT2D eigenvalue weighted by atomic mass is 10.1. The molecule has 0 saturated heterocycles. The zero-order valence-electron chi connectivity index (χ0n) is 9.46. The highest BCUT2D eigenvalue weighted by Crippen LogP contribution is 2.32. The molecule has 0 aliphatic heterocycles. The van der Waals surface area contributed by atoms with Gasteiger partial charge < -0.3 is 15.7 Å². The van der Waals surface area contributed by atoms with Crippen molar-refractivity contribution >= 4 is 34.8 Å². The highest BCUT2D eigenvalue weighted by atomic mass is 35.5. The topological polar surface area (TPSA) is 62.4 Å². The Kier molecular flexibility index (Phi) is 3.88. The monoisotopic (exact) mass is 263 g/mol. The van der Waals surface area contributed by atoms with Crippen molar-refractivity contribution < 1.29 is 5.11 Å². The molecule has 0 aromatic carbocycles. The molecule has 0 spiro atoms. The Morgan fingerprint density at radius 2 is 2.00 bits per heavy atom. The van der Waals surface area contributed by atoms with Crippen LogP contribution < -0.4 is 10.6 Å². The molecule has 1 aromatic rings. The van der Waals surface area contributed by atoms with Crippen LogP contribution >= 0.6 is 23.2 Å². The van der Waals surface area contributed by atoms with E-state index >= 15 is 0 Å². The van der Waals surface area contributed by atoms with Gasteiger partial charge in [-0.25, -0.2) is 4.98 Å². The molecular formula is C10H15Cl2N3O. The van der Waals surface area contributed by atoms with E-state index in [-0.39, 0.29) is 12.4 Å². The molecule has 0 saturated carbocycles. The number of nitrogens with two attached hydrogens (primary N) is 1. The number of aliphatic hydroxyl groups excluding tert-OH is 1. The summed E-state index contributed by atoms with van der Waals surface area (Å²) in [5.74, 6) is 0.726. The lowest BCUT2D eigenvalue weighted by Crippen LogP contribution is -2.45. The van der Waals surface area contributed by atoms with Crippen LogP contribution in [0.2, 0.25) is 10.0 Å². The van der Waals surface area contributed by atoms with Gasteiger partial charge >= 0.3 is 0 Å². The van der Waals surface area contributed by atoms with Gasteiger partial charge in [-0.15, -0.1) is 0 Å². The Labute approximate surface area is 105 Å². The molecule has 0 unspecified atom stereocenters. The van der Waals surface area contributed by atoms with Crippen LogP contribution in [0.25, 0.3) is 0 Å². The number of likely N-dealkylation sites (N-methyl/N-ethyl adjacent to an activating group) is 1. The van der Waals surface area contributed by atoms with E-state index in [1.165, 1.54) is 0 Å². The number of aliphatic hydroxyl groups is 1. The van der Waals surface area contributed by atoms with E-state index in [0.717, 1.165) is 0 Å². The molecular weight excluding hydrogens is 249 g/mol. The quantitative estimate of drug-likeness (QED) is 0.878. The molecule has 0 atom stereocenters. The van der Waals surface area contributed by atoms with Crippen LogP contribution in [0, 0.1) is 0 Å². The summed E-state index contributed by atoms with van der Waals surface area (Å²) >= 11 is 11.8. The number of nitrogen functional groups attached to an aromatic ring is 1. The zero-order valence-corrected chi connectivity index (χ0v) is 11.0. The van der Waals surface area contributed by atoms with Crippen LogP contribution in [0.4, 0.5) is 11.6 Å². The second kappa shape index (κ2) is 4.65. The summed E-state index contributed by atoms with van der Waals surface area (Å²) in [6, 6.07) is 1.55. The minimum atomic E-state index is -0.475. The van der Waals surface area contributed by atoms with Crippen molar-refractivity contribution in [1.82, 2.24) is 4.98 Å². The Balaban J connectivity index is 3.19. The number of nitrogens with zero attached hydrogens (tertiary/aromatic N) is 2. The average molecular weight is 264 g/mol. The van der Waals surface area contributed by atoms with Crippen molar-refractivity contribution in [2.75, 3.05) is 24.3 Å². The van der Waals surface area contributed by atoms with Crippen LogP contribution in [-0.4, -0.2) is 29.3 Å². The molecule has 1 rings (SSSR count). The summed E-state index contributed by atoms with van der Waals surface area (Å²) in [5, 5.41) is 10.00. The SMILES string of the molecule is CN(c1nc(N)c(Cl)cc1Cl)C(C)(C)CO. The van der Waals surface area contributed by atoms with Gasteiger partial charge in [-0.1, -0.05) is 23.2 Å². The summed E-state index contributed by atoms with van der Waals surface area (Å²) in [7, 11) is 1.79. The first-order chi connectivity index (χ1) is 7.29. The minimum absolute atomic E-state index is 0.0238. The predicted molar refractivity (Wildman–Crippen MR) is 68.2 cm³/mol. The lowest BCUT2D eigenvalue weighted by Gasteiger charge is -2.35. The molecule has 0 aliphatic rings. The molecule has 0 bridgehead atoms. The summed E-state index contributed by atoms with van der Waals surface area (Å²) in [5.41, 5.74) is 5.15. The van der Waals surface area contributed by atoms with Crippen molar-refractivity contribution in [1.29, 1.82) is 0 Å². The second-order valence-corrected chi connectivity index (χ2v) is 5.00. The van der Waals surface area contributed by atoms with Crippen LogP contribution in [0.3, 0.4) is 0 Å². The van der Waals surface area contributed by atoms with E-state index in [2.05, 4.69) is 4.98 Å². The molecule has 3 N–H and O–H groups in total. The number of hydrogen-bond donors (Lipinski definition) is 2. The standard InChI is InChI=1S/C10H15Cl2N3O/c1-10(2,5-16)15(3)9-7(12)4-6(11)8(13)14-9/h4,16H,5H2,1-3H3,(H2,13,14). The fourth-order valence-electron chi connectivity index (χ4n) is 1.10. The van der Waals surface area contributed by atoms with Crippen molar-refractivity contribution in [2.24, 2.45) is 0 Å². The largest absolute Gasteiger partial charge is 0.394 e. The predicted octanol–water partition coefficient (Wildman–Crippen LogP) is 2.18. The third-order valence-corrected chi connectivity index (χ3v) is 3.13. The zero-order chi connectivity index (χ0) is 12.5. The van der Waals surface area contributed by atoms with Crippen molar-refractivity contribution in [3.05, 3.63) is 16.1 Å². The Morgan fingerprint density at radius 1 is 1.44 bits per heavy atom. The maximum absolute atomic E-state index is 9.27. The van der Waals surface area contributed by atoms with Crippen LogP contribution in [-0.2, 0) is 0 Å². The van der Waals surface area contributed by atoms with Gasteiger partial charge in [0.15, 0.2) is 0 Å². The van der Waals surface area contributed by atoms with Crippen LogP contribution in [0.1, 0.15) is 13.8 Å². The number of rotatable bonds is 3. The highest BCUT2D eigenvalue weighted by Gasteiger charge is 2.26. The van der Waals surface area contributed by atoms with Gasteiger partial charge in [0, 0.05) is 7.05 Å². The van der Waals surface area contributed by atoms with Gasteiger partial charge in [-0.2, -0.15) is 0 Å². The van der Waals surface area contributed by atoms with Crippen molar-refractivity contribution in [3.63, 3.8) is 0 Å². The summed E-state index contributed by atoms with van der Waals surface area (Å²) in [4.78, 5) is 5.88. The van der Waals surface area contributed by atoms with E-state index in [0.29, 0.717) is 15.9 Å². The number of hydrogen-bond acceptors (Lipinski definition) is 4. The number of pyridine rings is 1. The fraction of sp³-hybridized carbons (Fsp3) is 0.500. The first-order valence-electron chi connectivity index (χ1n) is 4.76. The first-order valence-corrected chi connectivity index (χ1v) is 5.51. The number of halogens is 2. The van der Waals surface area contributed by atoms with E-state index in [1.54, 1.807) is 18.0 Å². The molecule has 90 valence electrons. The summed E-state index contributed by atoms with van der Waals surface area (Å²) in [6.07, 6.45) is 0. The summed E-state index contributed by atoms with van der Waals surface area (Å²) in [6.45, 7) is 3.72. The smallest absolute Gasteiger partial charge is 0.150 e. The summed E-state index contributed by atoms with van der Waals surface area (Å²) < 4.78 is 0. The average Bonchev–Trinajstić information content (AvgIpc) is 2.22. The van der Waals surface area contributed by atoms with Crippen molar-refractivity contribution in [3.8, 4) is 0 Å². The van der Waals surface area contributed by atoms with E-state index in [4.69, 9.17) is 28.9 Å². The second-order valence-electron chi connectivity index (χ2n) is 4.19. The van der Waals surface area contributed by atoms with Gasteiger partial charge in [0.2, 0.25) is 0 Å². The van der Waals surface area contributed by atoms with Gasteiger partial charge in [-0.3, -0.25) is 0 Å². The third-order valence-electron chi connectivity index (χ3n) is 2.55. The number of anilines is 2. The third kappa shape index (κ3) is 2.51. The van der Waals surface area contributed by atoms with E-state index in [9.17, 15) is 5.11 Å². The molecule has 0 radical (unpaired) electrons. The molecule has 0 fully saturated rings. The fourth-order valence-corrected chi connectivity index (χ4v) is 1.58. The van der Waals surface area contributed by atoms with Gasteiger partial charge in [-0.05, 0) is 19.9 Å². The highest BCUT2D eigenvalue weighted by molar-refractivity contribution is 6.37. The van der Waals surface area contributed by atoms with Crippen LogP contribution in [0.5, 0.6) is 0 Å². The normalized spacial score (nSPS) is 11.6. The van der Waals surface area contributed by atoms with E-state index in [1.807, 2.05) is 13.8 Å². The molecule has 1 heterocycles. The maximum atomic E-state index is 9.27. The maximum Gasteiger partial charge on any atom is 0.150 e. The van der Waals surface area contributed by atoms with Crippen molar-refractivity contribution in [2.45, 2.75) is 19.4 Å². The van der Waals surface area contributed by atoms with Gasteiger partial charge in [0.05, 0.1) is 22.2 Å².